The van der Waals surface area contributed by atoms with Crippen LogP contribution >= 0.6 is 0 Å². The lowest BCUT2D eigenvalue weighted by Gasteiger charge is -2.23. The molecule has 0 aromatic heterocycles. The predicted octanol–water partition coefficient (Wildman–Crippen LogP) is 0.578. The van der Waals surface area contributed by atoms with E-state index in [-0.39, 0.29) is 17.2 Å². The Kier molecular flexibility index (Phi) is 5.08. The first-order valence-corrected chi connectivity index (χ1v) is 7.64. The van der Waals surface area contributed by atoms with Crippen molar-refractivity contribution in [2.24, 2.45) is 0 Å². The van der Waals surface area contributed by atoms with Gasteiger partial charge in [0, 0.05) is 18.2 Å². The van der Waals surface area contributed by atoms with Gasteiger partial charge in [-0.1, -0.05) is 0 Å². The Bertz CT molecular complexity index is 635. The summed E-state index contributed by atoms with van der Waals surface area (Å²) in [6.07, 6.45) is -0.345. The lowest BCUT2D eigenvalue weighted by atomic mass is 10.0. The molecule has 1 aromatic carbocycles. The maximum atomic E-state index is 12.2. The fourth-order valence-electron chi connectivity index (χ4n) is 1.77. The van der Waals surface area contributed by atoms with Gasteiger partial charge in [-0.3, -0.25) is 9.59 Å². The number of nitrogens with one attached hydrogen (secondary N) is 2. The summed E-state index contributed by atoms with van der Waals surface area (Å²) in [6.45, 7) is 2.97. The van der Waals surface area contributed by atoms with Crippen LogP contribution in [0.25, 0.3) is 0 Å². The summed E-state index contributed by atoms with van der Waals surface area (Å²) in [6, 6.07) is 5.36. The van der Waals surface area contributed by atoms with E-state index in [1.165, 1.54) is 45.2 Å². The summed E-state index contributed by atoms with van der Waals surface area (Å²) >= 11 is 0. The maximum absolute atomic E-state index is 12.2. The molecule has 0 fully saturated rings. The van der Waals surface area contributed by atoms with E-state index in [2.05, 4.69) is 10.0 Å². The number of hydrogen-bond donors (Lipinski definition) is 3. The second-order valence-electron chi connectivity index (χ2n) is 5.16. The van der Waals surface area contributed by atoms with Crippen LogP contribution in [0.5, 0.6) is 0 Å². The van der Waals surface area contributed by atoms with Gasteiger partial charge in [-0.05, 0) is 38.1 Å². The van der Waals surface area contributed by atoms with Crippen molar-refractivity contribution in [1.82, 2.24) is 10.0 Å². The summed E-state index contributed by atoms with van der Waals surface area (Å²) in [5.41, 5.74) is -0.786. The van der Waals surface area contributed by atoms with E-state index in [0.29, 0.717) is 5.56 Å². The molecule has 0 saturated heterocycles. The molecule has 1 aromatic rings. The molecule has 0 aliphatic rings. The van der Waals surface area contributed by atoms with E-state index in [9.17, 15) is 18.0 Å². The molecule has 0 aliphatic carbocycles. The van der Waals surface area contributed by atoms with Gasteiger partial charge in [0.15, 0.2) is 0 Å². The topological polar surface area (TPSA) is 113 Å². The standard InChI is InChI=1S/C13H18N2O5S/c1-13(2,8-11(16)17)15-21(19,20)10-6-4-9(5-7-10)12(18)14-3/h4-7,15H,8H2,1-3H3,(H,14,18)(H,16,17). The Morgan fingerprint density at radius 1 is 1.19 bits per heavy atom. The number of carboxylic acids is 1. The number of aliphatic carboxylic acids is 1. The molecule has 3 N–H and O–H groups in total. The van der Waals surface area contributed by atoms with Crippen molar-refractivity contribution in [3.8, 4) is 0 Å². The number of carboxylic acid groups (broad SMARTS) is 1. The van der Waals surface area contributed by atoms with Crippen LogP contribution in [0.2, 0.25) is 0 Å². The molecule has 1 rings (SSSR count). The average molecular weight is 314 g/mol. The SMILES string of the molecule is CNC(=O)c1ccc(S(=O)(=O)NC(C)(C)CC(=O)O)cc1. The van der Waals surface area contributed by atoms with Crippen molar-refractivity contribution >= 4 is 21.9 Å². The van der Waals surface area contributed by atoms with Crippen molar-refractivity contribution in [1.29, 1.82) is 0 Å². The van der Waals surface area contributed by atoms with Gasteiger partial charge < -0.3 is 10.4 Å². The molecule has 0 heterocycles. The van der Waals surface area contributed by atoms with Crippen LogP contribution in [0.1, 0.15) is 30.6 Å². The molecule has 0 unspecified atom stereocenters. The van der Waals surface area contributed by atoms with E-state index in [0.717, 1.165) is 0 Å². The molecule has 21 heavy (non-hydrogen) atoms. The third kappa shape index (κ3) is 4.83. The van der Waals surface area contributed by atoms with Gasteiger partial charge in [-0.2, -0.15) is 0 Å². The number of hydrogen-bond acceptors (Lipinski definition) is 4. The average Bonchev–Trinajstić information content (AvgIpc) is 2.35. The van der Waals surface area contributed by atoms with Gasteiger partial charge in [0.1, 0.15) is 0 Å². The summed E-state index contributed by atoms with van der Waals surface area (Å²) in [5, 5.41) is 11.2. The number of carbonyl (C=O) groups is 2. The number of amides is 1. The Labute approximate surface area is 123 Å². The summed E-state index contributed by atoms with van der Waals surface area (Å²) in [5.74, 6) is -1.42. The van der Waals surface area contributed by atoms with Crippen LogP contribution < -0.4 is 10.0 Å². The first-order chi connectivity index (χ1) is 9.57. The van der Waals surface area contributed by atoms with Gasteiger partial charge in [0.2, 0.25) is 10.0 Å². The van der Waals surface area contributed by atoms with Crippen LogP contribution in [0, 0.1) is 0 Å². The fourth-order valence-corrected chi connectivity index (χ4v) is 3.18. The first kappa shape index (κ1) is 17.1. The molecule has 7 nitrogen and oxygen atoms in total. The molecule has 0 radical (unpaired) electrons. The third-order valence-corrected chi connectivity index (χ3v) is 4.37. The molecule has 0 saturated carbocycles. The van der Waals surface area contributed by atoms with Crippen molar-refractivity contribution in [3.63, 3.8) is 0 Å². The molecule has 0 aliphatic heterocycles. The van der Waals surface area contributed by atoms with Gasteiger partial charge in [-0.25, -0.2) is 13.1 Å². The molecule has 0 atom stereocenters. The van der Waals surface area contributed by atoms with Crippen molar-refractivity contribution in [2.75, 3.05) is 7.05 Å². The predicted molar refractivity (Wildman–Crippen MR) is 76.5 cm³/mol. The molecular weight excluding hydrogens is 296 g/mol. The molecule has 0 bridgehead atoms. The number of benzene rings is 1. The highest BCUT2D eigenvalue weighted by Gasteiger charge is 2.28. The van der Waals surface area contributed by atoms with Gasteiger partial charge >= 0.3 is 5.97 Å². The lowest BCUT2D eigenvalue weighted by molar-refractivity contribution is -0.138. The van der Waals surface area contributed by atoms with E-state index < -0.39 is 21.5 Å². The first-order valence-electron chi connectivity index (χ1n) is 6.15. The summed E-state index contributed by atoms with van der Waals surface area (Å²) < 4.78 is 26.7. The highest BCUT2D eigenvalue weighted by atomic mass is 32.2. The minimum atomic E-state index is -3.86. The third-order valence-electron chi connectivity index (χ3n) is 2.66. The van der Waals surface area contributed by atoms with Crippen molar-refractivity contribution in [2.45, 2.75) is 30.7 Å². The van der Waals surface area contributed by atoms with Crippen LogP contribution in [0.3, 0.4) is 0 Å². The summed E-state index contributed by atoms with van der Waals surface area (Å²) in [7, 11) is -2.38. The minimum Gasteiger partial charge on any atom is -0.481 e. The monoisotopic (exact) mass is 314 g/mol. The molecule has 0 spiro atoms. The number of sulfonamides is 1. The van der Waals surface area contributed by atoms with Crippen LogP contribution in [-0.2, 0) is 14.8 Å². The van der Waals surface area contributed by atoms with Crippen LogP contribution in [0.4, 0.5) is 0 Å². The smallest absolute Gasteiger partial charge is 0.305 e. The zero-order chi connectivity index (χ0) is 16.3. The Morgan fingerprint density at radius 3 is 2.14 bits per heavy atom. The fraction of sp³-hybridized carbons (Fsp3) is 0.385. The van der Waals surface area contributed by atoms with Crippen molar-refractivity contribution in [3.05, 3.63) is 29.8 Å². The van der Waals surface area contributed by atoms with E-state index in [1.54, 1.807) is 0 Å². The second kappa shape index (κ2) is 6.23. The highest BCUT2D eigenvalue weighted by Crippen LogP contribution is 2.16. The number of carbonyl (C=O) groups excluding carboxylic acids is 1. The largest absolute Gasteiger partial charge is 0.481 e. The zero-order valence-electron chi connectivity index (χ0n) is 12.0. The van der Waals surface area contributed by atoms with E-state index in [4.69, 9.17) is 5.11 Å². The Hall–Kier alpha value is -1.93. The highest BCUT2D eigenvalue weighted by molar-refractivity contribution is 7.89. The van der Waals surface area contributed by atoms with Gasteiger partial charge in [0.05, 0.1) is 11.3 Å². The molecule has 8 heteroatoms. The molecule has 116 valence electrons. The summed E-state index contributed by atoms with van der Waals surface area (Å²) in [4.78, 5) is 22.1. The van der Waals surface area contributed by atoms with Gasteiger partial charge in [0.25, 0.3) is 5.91 Å². The lowest BCUT2D eigenvalue weighted by Crippen LogP contribution is -2.44. The number of rotatable bonds is 6. The Balaban J connectivity index is 2.98. The van der Waals surface area contributed by atoms with Crippen LogP contribution in [-0.4, -0.2) is 38.0 Å². The van der Waals surface area contributed by atoms with Crippen molar-refractivity contribution < 1.29 is 23.1 Å². The van der Waals surface area contributed by atoms with Crippen LogP contribution in [0.15, 0.2) is 29.2 Å². The molecular formula is C13H18N2O5S. The van der Waals surface area contributed by atoms with E-state index >= 15 is 0 Å². The Morgan fingerprint density at radius 2 is 1.71 bits per heavy atom. The zero-order valence-corrected chi connectivity index (χ0v) is 12.8. The molecule has 1 amide bonds. The quantitative estimate of drug-likeness (QED) is 0.711. The minimum absolute atomic E-state index is 0.0337. The second-order valence-corrected chi connectivity index (χ2v) is 6.85. The van der Waals surface area contributed by atoms with E-state index in [1.807, 2.05) is 0 Å². The maximum Gasteiger partial charge on any atom is 0.305 e. The van der Waals surface area contributed by atoms with Gasteiger partial charge in [-0.15, -0.1) is 0 Å². The normalized spacial score (nSPS) is 12.0.